The number of aromatic nitrogens is 1. The molecule has 1 atom stereocenters. The molecule has 5 heteroatoms. The molecular weight excluding hydrogens is 260 g/mol. The summed E-state index contributed by atoms with van der Waals surface area (Å²) in [6.07, 6.45) is 1.43. The second kappa shape index (κ2) is 5.50. The van der Waals surface area contributed by atoms with E-state index in [0.717, 1.165) is 24.1 Å². The summed E-state index contributed by atoms with van der Waals surface area (Å²) in [4.78, 5) is 16.3. The summed E-state index contributed by atoms with van der Waals surface area (Å²) >= 11 is 1.43. The Kier molecular flexibility index (Phi) is 3.57. The molecule has 2 aromatic rings. The van der Waals surface area contributed by atoms with Crippen molar-refractivity contribution in [3.8, 4) is 11.3 Å². The fraction of sp³-hybridized carbons (Fsp3) is 0.286. The highest BCUT2D eigenvalue weighted by atomic mass is 32.1. The van der Waals surface area contributed by atoms with Gasteiger partial charge in [0.2, 0.25) is 0 Å². The second-order valence-electron chi connectivity index (χ2n) is 4.39. The molecule has 2 heterocycles. The molecule has 1 aromatic heterocycles. The zero-order valence-corrected chi connectivity index (χ0v) is 11.2. The van der Waals surface area contributed by atoms with Crippen LogP contribution in [0.3, 0.4) is 0 Å². The number of carbonyl (C=O) groups is 1. The molecule has 1 fully saturated rings. The number of rotatable bonds is 3. The van der Waals surface area contributed by atoms with E-state index in [1.54, 1.807) is 0 Å². The van der Waals surface area contributed by atoms with Crippen molar-refractivity contribution in [2.75, 3.05) is 11.9 Å². The lowest BCUT2D eigenvalue weighted by Crippen LogP contribution is -2.26. The monoisotopic (exact) mass is 274 g/mol. The molecule has 1 amide bonds. The van der Waals surface area contributed by atoms with Crippen LogP contribution >= 0.6 is 11.3 Å². The minimum Gasteiger partial charge on any atom is -0.368 e. The Labute approximate surface area is 115 Å². The summed E-state index contributed by atoms with van der Waals surface area (Å²) in [5.41, 5.74) is 1.93. The average Bonchev–Trinajstić information content (AvgIpc) is 3.11. The molecule has 4 nitrogen and oxygen atoms in total. The Morgan fingerprint density at radius 2 is 2.21 bits per heavy atom. The van der Waals surface area contributed by atoms with Gasteiger partial charge in [0.15, 0.2) is 5.13 Å². The molecule has 1 saturated heterocycles. The topological polar surface area (TPSA) is 51.2 Å². The third kappa shape index (κ3) is 2.83. The predicted octanol–water partition coefficient (Wildman–Crippen LogP) is 2.93. The Morgan fingerprint density at radius 3 is 2.95 bits per heavy atom. The van der Waals surface area contributed by atoms with Crippen LogP contribution < -0.4 is 5.32 Å². The Morgan fingerprint density at radius 1 is 1.37 bits per heavy atom. The molecule has 1 aliphatic heterocycles. The maximum atomic E-state index is 11.9. The summed E-state index contributed by atoms with van der Waals surface area (Å²) in [7, 11) is 0. The van der Waals surface area contributed by atoms with Crippen LogP contribution in [0.25, 0.3) is 11.3 Å². The number of anilines is 1. The molecule has 3 rings (SSSR count). The first-order valence-corrected chi connectivity index (χ1v) is 7.14. The molecule has 0 spiro atoms. The molecule has 98 valence electrons. The number of benzene rings is 1. The van der Waals surface area contributed by atoms with Crippen molar-refractivity contribution in [2.45, 2.75) is 18.9 Å². The average molecular weight is 274 g/mol. The quantitative estimate of drug-likeness (QED) is 0.936. The number of ether oxygens (including phenoxy) is 1. The molecule has 0 bridgehead atoms. The first-order valence-electron chi connectivity index (χ1n) is 6.26. The largest absolute Gasteiger partial charge is 0.368 e. The lowest BCUT2D eigenvalue weighted by molar-refractivity contribution is -0.124. The van der Waals surface area contributed by atoms with Crippen LogP contribution in [0.15, 0.2) is 35.7 Å². The zero-order chi connectivity index (χ0) is 13.1. The molecular formula is C14H14N2O2S. The van der Waals surface area contributed by atoms with Crippen LogP contribution in [0.5, 0.6) is 0 Å². The lowest BCUT2D eigenvalue weighted by Gasteiger charge is -2.07. The fourth-order valence-electron chi connectivity index (χ4n) is 2.04. The van der Waals surface area contributed by atoms with Gasteiger partial charge in [0.05, 0.1) is 5.69 Å². The fourth-order valence-corrected chi connectivity index (χ4v) is 2.77. The first kappa shape index (κ1) is 12.3. The van der Waals surface area contributed by atoms with Crippen LogP contribution in [0, 0.1) is 0 Å². The Bertz CT molecular complexity index is 562. The van der Waals surface area contributed by atoms with Gasteiger partial charge in [0.1, 0.15) is 6.10 Å². The van der Waals surface area contributed by atoms with E-state index in [1.807, 2.05) is 35.7 Å². The van der Waals surface area contributed by atoms with E-state index in [4.69, 9.17) is 4.74 Å². The van der Waals surface area contributed by atoms with E-state index in [9.17, 15) is 4.79 Å². The Hall–Kier alpha value is -1.72. The predicted molar refractivity (Wildman–Crippen MR) is 75.2 cm³/mol. The summed E-state index contributed by atoms with van der Waals surface area (Å²) in [5, 5.41) is 5.39. The number of nitrogens with zero attached hydrogens (tertiary/aromatic N) is 1. The van der Waals surface area contributed by atoms with Gasteiger partial charge in [0.25, 0.3) is 5.91 Å². The van der Waals surface area contributed by atoms with Crippen molar-refractivity contribution >= 4 is 22.4 Å². The van der Waals surface area contributed by atoms with Gasteiger partial charge < -0.3 is 4.74 Å². The number of nitrogens with one attached hydrogen (secondary N) is 1. The van der Waals surface area contributed by atoms with Gasteiger partial charge in [-0.05, 0) is 12.8 Å². The van der Waals surface area contributed by atoms with Gasteiger partial charge in [-0.3, -0.25) is 10.1 Å². The van der Waals surface area contributed by atoms with Gasteiger partial charge in [-0.15, -0.1) is 11.3 Å². The van der Waals surface area contributed by atoms with E-state index >= 15 is 0 Å². The van der Waals surface area contributed by atoms with Crippen LogP contribution in [-0.4, -0.2) is 23.6 Å². The van der Waals surface area contributed by atoms with Crippen molar-refractivity contribution in [1.82, 2.24) is 4.98 Å². The van der Waals surface area contributed by atoms with Gasteiger partial charge in [-0.2, -0.15) is 0 Å². The molecule has 0 saturated carbocycles. The third-order valence-electron chi connectivity index (χ3n) is 3.03. The van der Waals surface area contributed by atoms with Crippen LogP contribution in [0.2, 0.25) is 0 Å². The Balaban J connectivity index is 1.70. The summed E-state index contributed by atoms with van der Waals surface area (Å²) in [6.45, 7) is 0.672. The smallest absolute Gasteiger partial charge is 0.255 e. The van der Waals surface area contributed by atoms with Crippen molar-refractivity contribution in [3.63, 3.8) is 0 Å². The van der Waals surface area contributed by atoms with Crippen LogP contribution in [0.1, 0.15) is 12.8 Å². The van der Waals surface area contributed by atoms with Gasteiger partial charge in [0, 0.05) is 17.6 Å². The van der Waals surface area contributed by atoms with E-state index in [0.29, 0.717) is 11.7 Å². The van der Waals surface area contributed by atoms with E-state index < -0.39 is 0 Å². The highest BCUT2D eigenvalue weighted by Gasteiger charge is 2.24. The highest BCUT2D eigenvalue weighted by molar-refractivity contribution is 7.14. The van der Waals surface area contributed by atoms with Crippen molar-refractivity contribution in [2.24, 2.45) is 0 Å². The molecule has 1 aliphatic rings. The van der Waals surface area contributed by atoms with Gasteiger partial charge >= 0.3 is 0 Å². The molecule has 0 radical (unpaired) electrons. The highest BCUT2D eigenvalue weighted by Crippen LogP contribution is 2.25. The van der Waals surface area contributed by atoms with Gasteiger partial charge in [-0.1, -0.05) is 30.3 Å². The SMILES string of the molecule is O=C(Nc1nc(-c2ccccc2)cs1)[C@@H]1CCCO1. The normalized spacial score (nSPS) is 18.4. The molecule has 1 aromatic carbocycles. The summed E-state index contributed by atoms with van der Waals surface area (Å²) in [6, 6.07) is 9.91. The van der Waals surface area contributed by atoms with E-state index in [-0.39, 0.29) is 12.0 Å². The number of amides is 1. The molecule has 1 N–H and O–H groups in total. The standard InChI is InChI=1S/C14H14N2O2S/c17-13(12-7-4-8-18-12)16-14-15-11(9-19-14)10-5-2-1-3-6-10/h1-3,5-6,9,12H,4,7-8H2,(H,15,16,17)/t12-/m0/s1. The number of carbonyl (C=O) groups excluding carboxylic acids is 1. The maximum Gasteiger partial charge on any atom is 0.255 e. The van der Waals surface area contributed by atoms with Crippen LogP contribution in [-0.2, 0) is 9.53 Å². The number of thiazole rings is 1. The first-order chi connectivity index (χ1) is 9.33. The van der Waals surface area contributed by atoms with E-state index in [1.165, 1.54) is 11.3 Å². The molecule has 0 unspecified atom stereocenters. The van der Waals surface area contributed by atoms with E-state index in [2.05, 4.69) is 10.3 Å². The molecule has 19 heavy (non-hydrogen) atoms. The van der Waals surface area contributed by atoms with Gasteiger partial charge in [-0.25, -0.2) is 4.98 Å². The van der Waals surface area contributed by atoms with Crippen molar-refractivity contribution in [1.29, 1.82) is 0 Å². The van der Waals surface area contributed by atoms with Crippen molar-refractivity contribution in [3.05, 3.63) is 35.7 Å². The summed E-state index contributed by atoms with van der Waals surface area (Å²) < 4.78 is 5.34. The third-order valence-corrected chi connectivity index (χ3v) is 3.78. The zero-order valence-electron chi connectivity index (χ0n) is 10.3. The second-order valence-corrected chi connectivity index (χ2v) is 5.25. The number of hydrogen-bond donors (Lipinski definition) is 1. The number of hydrogen-bond acceptors (Lipinski definition) is 4. The maximum absolute atomic E-state index is 11.9. The molecule has 0 aliphatic carbocycles. The lowest BCUT2D eigenvalue weighted by atomic mass is 10.2. The van der Waals surface area contributed by atoms with Crippen molar-refractivity contribution < 1.29 is 9.53 Å². The minimum atomic E-state index is -0.316. The summed E-state index contributed by atoms with van der Waals surface area (Å²) in [5.74, 6) is -0.0912. The minimum absolute atomic E-state index is 0.0912. The van der Waals surface area contributed by atoms with Crippen LogP contribution in [0.4, 0.5) is 5.13 Å².